The summed E-state index contributed by atoms with van der Waals surface area (Å²) in [5.74, 6) is 0.853. The number of piperidine rings is 1. The van der Waals surface area contributed by atoms with Crippen molar-refractivity contribution in [3.8, 4) is 0 Å². The van der Waals surface area contributed by atoms with Crippen molar-refractivity contribution in [3.63, 3.8) is 0 Å². The molecule has 0 aromatic carbocycles. The predicted octanol–water partition coefficient (Wildman–Crippen LogP) is 1.76. The molecule has 0 spiro atoms. The van der Waals surface area contributed by atoms with E-state index in [4.69, 9.17) is 0 Å². The van der Waals surface area contributed by atoms with Gasteiger partial charge in [-0.25, -0.2) is 0 Å². The van der Waals surface area contributed by atoms with Gasteiger partial charge in [-0.15, -0.1) is 0 Å². The first kappa shape index (κ1) is 15.8. The molecule has 0 radical (unpaired) electrons. The molecule has 0 bridgehead atoms. The zero-order valence-corrected chi connectivity index (χ0v) is 13.2. The van der Waals surface area contributed by atoms with Crippen molar-refractivity contribution >= 4 is 5.91 Å². The number of nitrogens with zero attached hydrogens (tertiary/aromatic N) is 1. The Morgan fingerprint density at radius 1 is 1.15 bits per heavy atom. The molecular formula is C16H31N3O. The topological polar surface area (TPSA) is 44.4 Å². The van der Waals surface area contributed by atoms with Gasteiger partial charge in [0.25, 0.3) is 0 Å². The summed E-state index contributed by atoms with van der Waals surface area (Å²) in [5.41, 5.74) is 0. The van der Waals surface area contributed by atoms with E-state index in [1.54, 1.807) is 0 Å². The van der Waals surface area contributed by atoms with Crippen molar-refractivity contribution in [1.29, 1.82) is 0 Å². The van der Waals surface area contributed by atoms with Gasteiger partial charge in [-0.2, -0.15) is 0 Å². The Morgan fingerprint density at radius 2 is 1.85 bits per heavy atom. The standard InChI is InChI=1S/C16H31N3O/c1-13-11-19(10-9-15(13)17-2)12-16(20)18-14-7-5-3-4-6-8-14/h13-15,17H,3-12H2,1-2H3,(H,18,20). The van der Waals surface area contributed by atoms with Crippen LogP contribution in [-0.2, 0) is 4.79 Å². The maximum atomic E-state index is 12.2. The number of amides is 1. The van der Waals surface area contributed by atoms with E-state index in [0.29, 0.717) is 24.5 Å². The highest BCUT2D eigenvalue weighted by molar-refractivity contribution is 5.78. The number of hydrogen-bond acceptors (Lipinski definition) is 3. The van der Waals surface area contributed by atoms with Crippen LogP contribution in [0.3, 0.4) is 0 Å². The molecule has 0 aromatic rings. The zero-order valence-electron chi connectivity index (χ0n) is 13.2. The lowest BCUT2D eigenvalue weighted by molar-refractivity contribution is -0.123. The number of rotatable bonds is 4. The molecule has 0 aromatic heterocycles. The van der Waals surface area contributed by atoms with Crippen molar-refractivity contribution in [2.75, 3.05) is 26.7 Å². The summed E-state index contributed by atoms with van der Waals surface area (Å²) >= 11 is 0. The third kappa shape index (κ3) is 4.74. The molecule has 1 saturated carbocycles. The normalized spacial score (nSPS) is 29.9. The predicted molar refractivity (Wildman–Crippen MR) is 82.7 cm³/mol. The molecule has 20 heavy (non-hydrogen) atoms. The molecule has 1 aliphatic heterocycles. The number of nitrogens with one attached hydrogen (secondary N) is 2. The Hall–Kier alpha value is -0.610. The second-order valence-corrected chi connectivity index (χ2v) is 6.65. The van der Waals surface area contributed by atoms with Crippen molar-refractivity contribution in [2.45, 2.75) is 64.0 Å². The Morgan fingerprint density at radius 3 is 2.45 bits per heavy atom. The number of likely N-dealkylation sites (tertiary alicyclic amines) is 1. The molecule has 1 amide bonds. The second kappa shape index (κ2) is 7.99. The minimum atomic E-state index is 0.229. The largest absolute Gasteiger partial charge is 0.352 e. The fraction of sp³-hybridized carbons (Fsp3) is 0.938. The van der Waals surface area contributed by atoms with E-state index < -0.39 is 0 Å². The SMILES string of the molecule is CNC1CCN(CC(=O)NC2CCCCCC2)CC1C. The molecule has 4 heteroatoms. The molecule has 2 unspecified atom stereocenters. The Kier molecular flexibility index (Phi) is 6.30. The minimum absolute atomic E-state index is 0.229. The molecule has 4 nitrogen and oxygen atoms in total. The van der Waals surface area contributed by atoms with Gasteiger partial charge in [0.2, 0.25) is 5.91 Å². The van der Waals surface area contributed by atoms with Gasteiger partial charge in [0.1, 0.15) is 0 Å². The molecule has 1 saturated heterocycles. The van der Waals surface area contributed by atoms with Gasteiger partial charge in [-0.3, -0.25) is 9.69 Å². The molecule has 2 rings (SSSR count). The lowest BCUT2D eigenvalue weighted by Crippen LogP contribution is -2.50. The van der Waals surface area contributed by atoms with Crippen LogP contribution in [0.4, 0.5) is 0 Å². The van der Waals surface area contributed by atoms with E-state index in [0.717, 1.165) is 19.5 Å². The summed E-state index contributed by atoms with van der Waals surface area (Å²) in [6.45, 7) is 4.92. The van der Waals surface area contributed by atoms with E-state index in [1.165, 1.54) is 38.5 Å². The maximum Gasteiger partial charge on any atom is 0.234 e. The monoisotopic (exact) mass is 281 g/mol. The first-order valence-corrected chi connectivity index (χ1v) is 8.38. The van der Waals surface area contributed by atoms with Gasteiger partial charge in [0, 0.05) is 25.2 Å². The zero-order chi connectivity index (χ0) is 14.4. The molecule has 2 aliphatic rings. The van der Waals surface area contributed by atoms with Gasteiger partial charge < -0.3 is 10.6 Å². The summed E-state index contributed by atoms with van der Waals surface area (Å²) < 4.78 is 0. The average molecular weight is 281 g/mol. The van der Waals surface area contributed by atoms with E-state index in [1.807, 2.05) is 7.05 Å². The molecule has 2 atom stereocenters. The number of hydrogen-bond donors (Lipinski definition) is 2. The second-order valence-electron chi connectivity index (χ2n) is 6.65. The van der Waals surface area contributed by atoms with Crippen molar-refractivity contribution < 1.29 is 4.79 Å². The van der Waals surface area contributed by atoms with Crippen LogP contribution >= 0.6 is 0 Å². The third-order valence-corrected chi connectivity index (χ3v) is 4.95. The van der Waals surface area contributed by atoms with Gasteiger partial charge in [0.05, 0.1) is 6.54 Å². The maximum absolute atomic E-state index is 12.2. The fourth-order valence-corrected chi connectivity index (χ4v) is 3.70. The minimum Gasteiger partial charge on any atom is -0.352 e. The number of carbonyl (C=O) groups is 1. The van der Waals surface area contributed by atoms with Gasteiger partial charge in [0.15, 0.2) is 0 Å². The summed E-state index contributed by atoms with van der Waals surface area (Å²) in [6, 6.07) is 1.04. The molecule has 2 fully saturated rings. The van der Waals surface area contributed by atoms with Crippen LogP contribution in [0, 0.1) is 5.92 Å². The third-order valence-electron chi connectivity index (χ3n) is 4.95. The first-order chi connectivity index (χ1) is 9.69. The molecule has 116 valence electrons. The van der Waals surface area contributed by atoms with Crippen LogP contribution in [0.5, 0.6) is 0 Å². The van der Waals surface area contributed by atoms with Crippen molar-refractivity contribution in [1.82, 2.24) is 15.5 Å². The Labute approximate surface area is 123 Å². The lowest BCUT2D eigenvalue weighted by Gasteiger charge is -2.36. The van der Waals surface area contributed by atoms with Crippen LogP contribution in [-0.4, -0.2) is 49.6 Å². The highest BCUT2D eigenvalue weighted by Gasteiger charge is 2.26. The van der Waals surface area contributed by atoms with Crippen LogP contribution in [0.2, 0.25) is 0 Å². The highest BCUT2D eigenvalue weighted by Crippen LogP contribution is 2.18. The van der Waals surface area contributed by atoms with Gasteiger partial charge in [-0.1, -0.05) is 32.6 Å². The van der Waals surface area contributed by atoms with E-state index >= 15 is 0 Å². The lowest BCUT2D eigenvalue weighted by atomic mass is 9.94. The molecule has 1 aliphatic carbocycles. The average Bonchev–Trinajstić information content (AvgIpc) is 2.67. The molecule has 1 heterocycles. The molecule has 2 N–H and O–H groups in total. The quantitative estimate of drug-likeness (QED) is 0.772. The Bertz CT molecular complexity index is 300. The van der Waals surface area contributed by atoms with E-state index in [-0.39, 0.29) is 5.91 Å². The molecular weight excluding hydrogens is 250 g/mol. The summed E-state index contributed by atoms with van der Waals surface area (Å²) in [6.07, 6.45) is 8.70. The fourth-order valence-electron chi connectivity index (χ4n) is 3.70. The van der Waals surface area contributed by atoms with E-state index in [2.05, 4.69) is 22.5 Å². The van der Waals surface area contributed by atoms with Crippen molar-refractivity contribution in [3.05, 3.63) is 0 Å². The van der Waals surface area contributed by atoms with Crippen molar-refractivity contribution in [2.24, 2.45) is 5.92 Å². The highest BCUT2D eigenvalue weighted by atomic mass is 16.2. The van der Waals surface area contributed by atoms with Gasteiger partial charge >= 0.3 is 0 Å². The number of carbonyl (C=O) groups excluding carboxylic acids is 1. The van der Waals surface area contributed by atoms with E-state index in [9.17, 15) is 4.79 Å². The summed E-state index contributed by atoms with van der Waals surface area (Å²) in [4.78, 5) is 14.5. The van der Waals surface area contributed by atoms with Crippen LogP contribution in [0.1, 0.15) is 51.9 Å². The van der Waals surface area contributed by atoms with Crippen LogP contribution < -0.4 is 10.6 Å². The van der Waals surface area contributed by atoms with Crippen LogP contribution in [0.15, 0.2) is 0 Å². The summed E-state index contributed by atoms with van der Waals surface area (Å²) in [7, 11) is 2.04. The summed E-state index contributed by atoms with van der Waals surface area (Å²) in [5, 5.41) is 6.62. The van der Waals surface area contributed by atoms with Crippen LogP contribution in [0.25, 0.3) is 0 Å². The first-order valence-electron chi connectivity index (χ1n) is 8.38. The Balaban J connectivity index is 1.71. The smallest absolute Gasteiger partial charge is 0.234 e. The van der Waals surface area contributed by atoms with Gasteiger partial charge in [-0.05, 0) is 32.2 Å².